The summed E-state index contributed by atoms with van der Waals surface area (Å²) in [6, 6.07) is 1.03. The highest BCUT2D eigenvalue weighted by Crippen LogP contribution is 2.40. The van der Waals surface area contributed by atoms with E-state index in [1.165, 1.54) is 18.6 Å². The van der Waals surface area contributed by atoms with Gasteiger partial charge in [0.15, 0.2) is 0 Å². The van der Waals surface area contributed by atoms with Gasteiger partial charge in [-0.2, -0.15) is 13.2 Å². The molecule has 0 saturated heterocycles. The highest BCUT2D eigenvalue weighted by Gasteiger charge is 2.42. The normalized spacial score (nSPS) is 11.7. The fourth-order valence-corrected chi connectivity index (χ4v) is 3.23. The van der Waals surface area contributed by atoms with Crippen molar-refractivity contribution >= 4 is 39.0 Å². The molecule has 1 aromatic carbocycles. The molecule has 148 valence electrons. The molecule has 12 heteroatoms. The van der Waals surface area contributed by atoms with Gasteiger partial charge < -0.3 is 5.73 Å². The van der Waals surface area contributed by atoms with Crippen molar-refractivity contribution in [2.45, 2.75) is 37.8 Å². The number of ketones is 3. The zero-order valence-electron chi connectivity index (χ0n) is 14.1. The second-order valence-corrected chi connectivity index (χ2v) is 6.87. The Morgan fingerprint density at radius 3 is 2.00 bits per heavy atom. The Balaban J connectivity index is 3.64. The molecule has 0 aliphatic carbocycles. The summed E-state index contributed by atoms with van der Waals surface area (Å²) in [6.07, 6.45) is -6.01. The second kappa shape index (κ2) is 7.86. The lowest BCUT2D eigenvalue weighted by molar-refractivity contribution is -0.139. The number of halogens is 3. The van der Waals surface area contributed by atoms with E-state index >= 15 is 0 Å². The number of benzene rings is 1. The van der Waals surface area contributed by atoms with Crippen molar-refractivity contribution in [1.82, 2.24) is 4.72 Å². The molecule has 0 spiro atoms. The number of carbonyl (C=O) groups is 4. The van der Waals surface area contributed by atoms with E-state index in [-0.39, 0.29) is 12.8 Å². The summed E-state index contributed by atoms with van der Waals surface area (Å²) in [6.45, 7) is 2.55. The van der Waals surface area contributed by atoms with Crippen LogP contribution in [-0.2, 0) is 30.6 Å². The van der Waals surface area contributed by atoms with Crippen molar-refractivity contribution in [1.29, 1.82) is 0 Å². The first kappa shape index (κ1) is 22.3. The van der Waals surface area contributed by atoms with Crippen molar-refractivity contribution in [3.63, 3.8) is 0 Å². The van der Waals surface area contributed by atoms with Crippen molar-refractivity contribution in [3.05, 3.63) is 23.3 Å². The molecule has 0 fully saturated rings. The van der Waals surface area contributed by atoms with Crippen molar-refractivity contribution < 1.29 is 40.8 Å². The number of Topliss-reactive ketones (excluding diaryl/α,β-unsaturated/α-hetero) is 3. The maximum atomic E-state index is 13.4. The van der Waals surface area contributed by atoms with Gasteiger partial charge in [-0.05, 0) is 12.1 Å². The Kier molecular flexibility index (Phi) is 6.49. The molecule has 0 aliphatic heterocycles. The minimum Gasteiger partial charge on any atom is -0.398 e. The summed E-state index contributed by atoms with van der Waals surface area (Å²) in [5.74, 6) is -5.12. The first-order valence-corrected chi connectivity index (χ1v) is 8.93. The van der Waals surface area contributed by atoms with E-state index in [0.29, 0.717) is 12.1 Å². The highest BCUT2D eigenvalue weighted by molar-refractivity contribution is 7.90. The number of alkyl halides is 3. The molecule has 0 atom stereocenters. The summed E-state index contributed by atoms with van der Waals surface area (Å²) in [5, 5.41) is 0. The third kappa shape index (κ3) is 4.70. The average Bonchev–Trinajstić information content (AvgIpc) is 2.57. The largest absolute Gasteiger partial charge is 0.419 e. The van der Waals surface area contributed by atoms with Crippen LogP contribution < -0.4 is 10.5 Å². The molecule has 1 rings (SSSR count). The Morgan fingerprint density at radius 1 is 1.04 bits per heavy atom. The number of nitrogen functional groups attached to an aromatic ring is 1. The van der Waals surface area contributed by atoms with Crippen LogP contribution in [-0.4, -0.2) is 31.7 Å². The molecule has 27 heavy (non-hydrogen) atoms. The molecule has 8 nitrogen and oxygen atoms in total. The van der Waals surface area contributed by atoms with Gasteiger partial charge >= 0.3 is 12.1 Å². The Morgan fingerprint density at radius 2 is 1.56 bits per heavy atom. The maximum absolute atomic E-state index is 13.4. The number of hydrogen-bond acceptors (Lipinski definition) is 7. The van der Waals surface area contributed by atoms with Crippen molar-refractivity contribution in [2.75, 3.05) is 5.73 Å². The van der Waals surface area contributed by atoms with Crippen LogP contribution in [0.15, 0.2) is 17.0 Å². The van der Waals surface area contributed by atoms with Gasteiger partial charge in [-0.15, -0.1) is 0 Å². The fraction of sp³-hybridized carbons (Fsp3) is 0.333. The van der Waals surface area contributed by atoms with Gasteiger partial charge in [0, 0.05) is 18.4 Å². The molecule has 1 amide bonds. The molecule has 0 aliphatic rings. The van der Waals surface area contributed by atoms with Crippen LogP contribution in [0.3, 0.4) is 0 Å². The van der Waals surface area contributed by atoms with Crippen LogP contribution in [0, 0.1) is 0 Å². The molecular formula is C15H15F3N2O6S. The number of sulfonamides is 1. The van der Waals surface area contributed by atoms with E-state index in [1.807, 2.05) is 0 Å². The van der Waals surface area contributed by atoms with Gasteiger partial charge in [-0.1, -0.05) is 13.8 Å². The summed E-state index contributed by atoms with van der Waals surface area (Å²) >= 11 is 0. The maximum Gasteiger partial charge on any atom is 0.419 e. The standard InChI is InChI=1S/C15H15F3N2O6S/c1-3-8(21)13(23)7-5-6-10(11(12(7)19)15(16,17)18)27(25,26)20-14(24)9(22)4-2/h5-6H,3-4,19H2,1-2H3,(H,20,24). The van der Waals surface area contributed by atoms with Crippen LogP contribution in [0.25, 0.3) is 0 Å². The highest BCUT2D eigenvalue weighted by atomic mass is 32.2. The molecule has 1 aromatic rings. The molecule has 0 unspecified atom stereocenters. The summed E-state index contributed by atoms with van der Waals surface area (Å²) in [4.78, 5) is 44.6. The van der Waals surface area contributed by atoms with E-state index in [0.717, 1.165) is 0 Å². The summed E-state index contributed by atoms with van der Waals surface area (Å²) in [5.41, 5.74) is 1.34. The molecule has 0 saturated carbocycles. The Bertz CT molecular complexity index is 922. The number of nitrogens with two attached hydrogens (primary N) is 1. The van der Waals surface area contributed by atoms with Crippen molar-refractivity contribution in [2.24, 2.45) is 0 Å². The van der Waals surface area contributed by atoms with Gasteiger partial charge in [-0.3, -0.25) is 19.2 Å². The topological polar surface area (TPSA) is 140 Å². The first-order valence-electron chi connectivity index (χ1n) is 7.45. The van der Waals surface area contributed by atoms with E-state index in [1.54, 1.807) is 0 Å². The van der Waals surface area contributed by atoms with E-state index in [9.17, 15) is 40.8 Å². The third-order valence-corrected chi connectivity index (χ3v) is 4.77. The smallest absolute Gasteiger partial charge is 0.398 e. The molecule has 0 radical (unpaired) electrons. The SMILES string of the molecule is CCC(=O)C(=O)NS(=O)(=O)c1ccc(C(=O)C(=O)CC)c(N)c1C(F)(F)F. The summed E-state index contributed by atoms with van der Waals surface area (Å²) < 4.78 is 65.8. The zero-order valence-corrected chi connectivity index (χ0v) is 15.0. The van der Waals surface area contributed by atoms with Gasteiger partial charge in [0.25, 0.3) is 10.0 Å². The van der Waals surface area contributed by atoms with Gasteiger partial charge in [0.1, 0.15) is 4.90 Å². The number of hydrogen-bond donors (Lipinski definition) is 2. The Hall–Kier alpha value is -2.76. The van der Waals surface area contributed by atoms with E-state index in [4.69, 9.17) is 5.73 Å². The number of amides is 1. The van der Waals surface area contributed by atoms with Crippen LogP contribution in [0.1, 0.15) is 42.6 Å². The second-order valence-electron chi connectivity index (χ2n) is 5.21. The lowest BCUT2D eigenvalue weighted by atomic mass is 10.00. The molecular weight excluding hydrogens is 393 g/mol. The number of nitrogens with one attached hydrogen (secondary N) is 1. The minimum atomic E-state index is -5.34. The number of carbonyl (C=O) groups excluding carboxylic acids is 4. The third-order valence-electron chi connectivity index (χ3n) is 3.40. The monoisotopic (exact) mass is 408 g/mol. The molecule has 3 N–H and O–H groups in total. The van der Waals surface area contributed by atoms with Gasteiger partial charge in [-0.25, -0.2) is 13.1 Å². The predicted octanol–water partition coefficient (Wildman–Crippen LogP) is 1.23. The molecule has 0 bridgehead atoms. The molecule has 0 heterocycles. The quantitative estimate of drug-likeness (QED) is 0.393. The lowest BCUT2D eigenvalue weighted by Gasteiger charge is -2.17. The summed E-state index contributed by atoms with van der Waals surface area (Å²) in [7, 11) is -5.14. The van der Waals surface area contributed by atoms with Crippen LogP contribution in [0.4, 0.5) is 18.9 Å². The lowest BCUT2D eigenvalue weighted by Crippen LogP contribution is -2.37. The van der Waals surface area contributed by atoms with Crippen LogP contribution in [0.5, 0.6) is 0 Å². The zero-order chi connectivity index (χ0) is 21.2. The van der Waals surface area contributed by atoms with E-state index in [2.05, 4.69) is 0 Å². The average molecular weight is 408 g/mol. The Labute approximate surface area is 152 Å². The van der Waals surface area contributed by atoms with Crippen molar-refractivity contribution in [3.8, 4) is 0 Å². The number of anilines is 1. The predicted molar refractivity (Wildman–Crippen MR) is 86.1 cm³/mol. The fourth-order valence-electron chi connectivity index (χ4n) is 2.02. The number of rotatable bonds is 7. The molecule has 0 aromatic heterocycles. The van der Waals surface area contributed by atoms with Gasteiger partial charge in [0.2, 0.25) is 17.3 Å². The first-order chi connectivity index (χ1) is 12.3. The van der Waals surface area contributed by atoms with Crippen LogP contribution >= 0.6 is 0 Å². The minimum absolute atomic E-state index is 0.297. The van der Waals surface area contributed by atoms with Crippen LogP contribution in [0.2, 0.25) is 0 Å². The van der Waals surface area contributed by atoms with E-state index < -0.39 is 61.2 Å². The van der Waals surface area contributed by atoms with Gasteiger partial charge in [0.05, 0.1) is 11.3 Å².